The first kappa shape index (κ1) is 10.1. The van der Waals surface area contributed by atoms with Crippen LogP contribution in [0, 0.1) is 0 Å². The quantitative estimate of drug-likeness (QED) is 0.383. The fourth-order valence-electron chi connectivity index (χ4n) is 1.01. The summed E-state index contributed by atoms with van der Waals surface area (Å²) in [5.41, 5.74) is -4.04. The highest BCUT2D eigenvalue weighted by Crippen LogP contribution is 2.12. The van der Waals surface area contributed by atoms with Gasteiger partial charge >= 0.3 is 21.7 Å². The molecule has 0 aliphatic carbocycles. The Morgan fingerprint density at radius 3 is 1.36 bits per heavy atom. The van der Waals surface area contributed by atoms with Crippen molar-refractivity contribution in [3.8, 4) is 11.5 Å². The summed E-state index contributed by atoms with van der Waals surface area (Å²) in [5.74, 6) is -0.847. The Labute approximate surface area is 77.0 Å². The number of benzene rings is 1. The number of methoxy groups -OCH3 is 2. The van der Waals surface area contributed by atoms with Crippen LogP contribution in [0.1, 0.15) is 0 Å². The van der Waals surface area contributed by atoms with Crippen LogP contribution in [0.4, 0.5) is 0 Å². The van der Waals surface area contributed by atoms with Gasteiger partial charge in [-0.05, 0) is 0 Å². The van der Waals surface area contributed by atoms with Crippen molar-refractivity contribution in [2.75, 3.05) is 14.2 Å². The van der Waals surface area contributed by atoms with E-state index >= 15 is 0 Å². The van der Waals surface area contributed by atoms with Crippen LogP contribution in [-0.4, -0.2) is 23.8 Å². The molecule has 0 heterocycles. The Morgan fingerprint density at radius 1 is 0.857 bits per heavy atom. The van der Waals surface area contributed by atoms with E-state index in [0.717, 1.165) is 14.2 Å². The summed E-state index contributed by atoms with van der Waals surface area (Å²) in [4.78, 5) is 40.4. The second kappa shape index (κ2) is 3.41. The largest absolute Gasteiger partial charge is 0.497 e. The Balaban J connectivity index is 3.96. The first-order chi connectivity index (χ1) is 6.54. The lowest BCUT2D eigenvalue weighted by Gasteiger charge is -1.99. The van der Waals surface area contributed by atoms with Crippen molar-refractivity contribution >= 4 is 0 Å². The molecular formula is C8H8O6+2. The van der Waals surface area contributed by atoms with Gasteiger partial charge in [-0.1, -0.05) is 0 Å². The molecule has 0 fully saturated rings. The van der Waals surface area contributed by atoms with Crippen LogP contribution >= 0.6 is 0 Å². The van der Waals surface area contributed by atoms with Gasteiger partial charge in [0.1, 0.15) is 0 Å². The molecule has 0 atom stereocenters. The third kappa shape index (κ3) is 1.20. The monoisotopic (exact) mass is 200 g/mol. The molecule has 2 N–H and O–H groups in total. The zero-order valence-electron chi connectivity index (χ0n) is 7.53. The van der Waals surface area contributed by atoms with E-state index < -0.39 is 33.2 Å². The molecule has 1 aromatic rings. The van der Waals surface area contributed by atoms with Crippen molar-refractivity contribution in [3.05, 3.63) is 31.3 Å². The molecular weight excluding hydrogens is 192 g/mol. The molecule has 6 nitrogen and oxygen atoms in total. The predicted octanol–water partition coefficient (Wildman–Crippen LogP) is -2.69. The van der Waals surface area contributed by atoms with Gasteiger partial charge in [-0.2, -0.15) is 0 Å². The summed E-state index contributed by atoms with van der Waals surface area (Å²) in [6.07, 6.45) is 0. The molecule has 0 saturated carbocycles. The molecule has 0 aliphatic rings. The smallest absolute Gasteiger partial charge is 0.489 e. The maximum Gasteiger partial charge on any atom is 0.497 e. The summed E-state index contributed by atoms with van der Waals surface area (Å²) in [7, 11) is 2.30. The van der Waals surface area contributed by atoms with Gasteiger partial charge in [0.05, 0.1) is 14.2 Å². The van der Waals surface area contributed by atoms with Crippen molar-refractivity contribution in [2.24, 2.45) is 0 Å². The Kier molecular flexibility index (Phi) is 2.46. The zero-order chi connectivity index (χ0) is 10.9. The van der Waals surface area contributed by atoms with Crippen molar-refractivity contribution < 1.29 is 19.1 Å². The molecule has 0 spiro atoms. The average molecular weight is 200 g/mol. The number of ether oxygens (including phenoxy) is 2. The summed E-state index contributed by atoms with van der Waals surface area (Å²) in [6, 6.07) is 0. The van der Waals surface area contributed by atoms with Crippen LogP contribution in [0.5, 0.6) is 11.5 Å². The van der Waals surface area contributed by atoms with E-state index in [4.69, 9.17) is 9.59 Å². The van der Waals surface area contributed by atoms with E-state index in [2.05, 4.69) is 9.47 Å². The number of hydrogen-bond acceptors (Lipinski definition) is 4. The highest BCUT2D eigenvalue weighted by Gasteiger charge is 2.27. The van der Waals surface area contributed by atoms with Gasteiger partial charge in [0.15, 0.2) is 0 Å². The van der Waals surface area contributed by atoms with E-state index in [1.807, 2.05) is 0 Å². The van der Waals surface area contributed by atoms with E-state index in [-0.39, 0.29) is 0 Å². The van der Waals surface area contributed by atoms with Crippen LogP contribution in [0.2, 0.25) is 0 Å². The average Bonchev–Trinajstić information content (AvgIpc) is 2.20. The summed E-state index contributed by atoms with van der Waals surface area (Å²) < 4.78 is 9.15. The predicted molar refractivity (Wildman–Crippen MR) is 44.6 cm³/mol. The molecule has 14 heavy (non-hydrogen) atoms. The second-order valence-corrected chi connectivity index (χ2v) is 2.42. The first-order valence-corrected chi connectivity index (χ1v) is 3.58. The van der Waals surface area contributed by atoms with E-state index in [9.17, 15) is 9.59 Å². The fraction of sp³-hybridized carbons (Fsp3) is 0.250. The van der Waals surface area contributed by atoms with Crippen molar-refractivity contribution in [1.82, 2.24) is 0 Å². The molecule has 6 heteroatoms. The third-order valence-electron chi connectivity index (χ3n) is 1.68. The number of rotatable bonds is 2. The minimum Gasteiger partial charge on any atom is -0.489 e. The molecule has 74 valence electrons. The van der Waals surface area contributed by atoms with Crippen LogP contribution < -0.4 is 31.2 Å². The summed E-state index contributed by atoms with van der Waals surface area (Å²) in [6.45, 7) is 0. The normalized spacial score (nSPS) is 9.86. The standard InChI is InChI=1S/C8H6O6/c1-13-7-5(11)3(9)4(10)6(12)8(7)14-2/h1-2H3/p+2. The van der Waals surface area contributed by atoms with Gasteiger partial charge in [-0.15, -0.1) is 0 Å². The fourth-order valence-corrected chi connectivity index (χ4v) is 1.01. The van der Waals surface area contributed by atoms with E-state index in [0.29, 0.717) is 0 Å². The maximum atomic E-state index is 11.2. The lowest BCUT2D eigenvalue weighted by molar-refractivity contribution is 0.342. The minimum atomic E-state index is -1.03. The molecule has 0 saturated heterocycles. The molecule has 0 unspecified atom stereocenters. The lowest BCUT2D eigenvalue weighted by Crippen LogP contribution is -2.49. The van der Waals surface area contributed by atoms with E-state index in [1.165, 1.54) is 0 Å². The molecule has 1 rings (SSSR count). The van der Waals surface area contributed by atoms with Crippen LogP contribution in [-0.2, 0) is 0 Å². The van der Waals surface area contributed by atoms with Crippen molar-refractivity contribution in [3.63, 3.8) is 0 Å². The molecule has 1 aromatic carbocycles. The van der Waals surface area contributed by atoms with Crippen molar-refractivity contribution in [1.29, 1.82) is 0 Å². The molecule has 0 aromatic heterocycles. The van der Waals surface area contributed by atoms with Gasteiger partial charge < -0.3 is 9.47 Å². The van der Waals surface area contributed by atoms with Gasteiger partial charge in [-0.25, -0.2) is 0 Å². The summed E-state index contributed by atoms with van der Waals surface area (Å²) >= 11 is 0. The Bertz CT molecular complexity index is 498. The summed E-state index contributed by atoms with van der Waals surface area (Å²) in [5, 5.41) is 0. The molecule has 0 aliphatic heterocycles. The van der Waals surface area contributed by atoms with Gasteiger partial charge in [-0.3, -0.25) is 19.2 Å². The van der Waals surface area contributed by atoms with Crippen LogP contribution in [0.3, 0.4) is 0 Å². The molecule has 0 bridgehead atoms. The molecule has 0 amide bonds. The van der Waals surface area contributed by atoms with E-state index in [1.54, 1.807) is 0 Å². The molecule has 0 radical (unpaired) electrons. The highest BCUT2D eigenvalue weighted by molar-refractivity contribution is 5.38. The van der Waals surface area contributed by atoms with Crippen LogP contribution in [0.15, 0.2) is 9.59 Å². The van der Waals surface area contributed by atoms with Gasteiger partial charge in [0, 0.05) is 0 Å². The van der Waals surface area contributed by atoms with Gasteiger partial charge in [0.2, 0.25) is 11.5 Å². The van der Waals surface area contributed by atoms with Crippen LogP contribution in [0.25, 0.3) is 0 Å². The second-order valence-electron chi connectivity index (χ2n) is 2.42. The third-order valence-corrected chi connectivity index (χ3v) is 1.68. The zero-order valence-corrected chi connectivity index (χ0v) is 7.53. The number of hydrogen-bond donors (Lipinski definition) is 0. The maximum absolute atomic E-state index is 11.2. The lowest BCUT2D eigenvalue weighted by atomic mass is 10.3. The highest BCUT2D eigenvalue weighted by atomic mass is 16.5. The first-order valence-electron chi connectivity index (χ1n) is 3.58. The minimum absolute atomic E-state index is 0.423. The Hall–Kier alpha value is -1.98. The van der Waals surface area contributed by atoms with Gasteiger partial charge in [0.25, 0.3) is 0 Å². The Morgan fingerprint density at radius 2 is 1.14 bits per heavy atom. The topological polar surface area (TPSA) is 95.4 Å². The van der Waals surface area contributed by atoms with Crippen molar-refractivity contribution in [2.45, 2.75) is 0 Å². The SMILES string of the molecule is COc1c(OC)c(=O)c(=[OH+])c(=[OH+])c1=O.